The van der Waals surface area contributed by atoms with E-state index in [1.165, 1.54) is 35.4 Å². The Hall–Kier alpha value is -3.97. The average molecular weight is 540 g/mol. The second-order valence-electron chi connectivity index (χ2n) is 8.76. The number of benzene rings is 1. The lowest BCUT2D eigenvalue weighted by atomic mass is 10.1. The van der Waals surface area contributed by atoms with E-state index in [0.29, 0.717) is 5.13 Å². The first-order chi connectivity index (χ1) is 17.7. The van der Waals surface area contributed by atoms with Crippen LogP contribution in [0.2, 0.25) is 0 Å². The quantitative estimate of drug-likeness (QED) is 0.368. The third-order valence-corrected chi connectivity index (χ3v) is 7.70. The fourth-order valence-corrected chi connectivity index (χ4v) is 5.46. The molecule has 2 amide bonds. The van der Waals surface area contributed by atoms with E-state index in [4.69, 9.17) is 0 Å². The summed E-state index contributed by atoms with van der Waals surface area (Å²) in [5, 5.41) is 12.0. The Kier molecular flexibility index (Phi) is 6.56. The highest BCUT2D eigenvalue weighted by molar-refractivity contribution is 7.89. The van der Waals surface area contributed by atoms with E-state index in [0.717, 1.165) is 52.4 Å². The number of aryl methyl sites for hydroxylation is 1. The lowest BCUT2D eigenvalue weighted by Crippen LogP contribution is -2.32. The standard InChI is InChI=1S/C24H25N7O4S2/c1-29-12-18-13-30(8-7-20(18)28-29)19-5-3-4-16(10-19)21-15-36-24(26-21)27-22(32)11-25-23(33)17-6-9-31(14-17)37(2,34)35/h3-6,9-10,12,14-15H,7-8,11,13H2,1-2H3,(H,25,33)(H,26,27,32). The summed E-state index contributed by atoms with van der Waals surface area (Å²) in [7, 11) is -1.54. The molecule has 0 atom stereocenters. The first-order valence-electron chi connectivity index (χ1n) is 11.4. The molecule has 11 nitrogen and oxygen atoms in total. The van der Waals surface area contributed by atoms with Crippen LogP contribution in [-0.2, 0) is 34.8 Å². The van der Waals surface area contributed by atoms with Gasteiger partial charge in [0.25, 0.3) is 5.91 Å². The number of carbonyl (C=O) groups excluding carboxylic acids is 2. The van der Waals surface area contributed by atoms with Gasteiger partial charge in [0.1, 0.15) is 0 Å². The third-order valence-electron chi connectivity index (χ3n) is 5.95. The molecule has 1 aliphatic rings. The van der Waals surface area contributed by atoms with E-state index in [1.807, 2.05) is 29.2 Å². The molecule has 0 saturated carbocycles. The minimum absolute atomic E-state index is 0.142. The minimum Gasteiger partial charge on any atom is -0.367 e. The highest BCUT2D eigenvalue weighted by Crippen LogP contribution is 2.30. The van der Waals surface area contributed by atoms with E-state index < -0.39 is 21.8 Å². The lowest BCUT2D eigenvalue weighted by Gasteiger charge is -2.28. The van der Waals surface area contributed by atoms with Crippen molar-refractivity contribution in [1.82, 2.24) is 24.1 Å². The van der Waals surface area contributed by atoms with Crippen molar-refractivity contribution in [1.29, 1.82) is 0 Å². The molecule has 0 bridgehead atoms. The Morgan fingerprint density at radius 1 is 1.19 bits per heavy atom. The van der Waals surface area contributed by atoms with Crippen LogP contribution < -0.4 is 15.5 Å². The van der Waals surface area contributed by atoms with Crippen LogP contribution in [0.4, 0.5) is 10.8 Å². The van der Waals surface area contributed by atoms with Crippen molar-refractivity contribution in [3.8, 4) is 11.3 Å². The van der Waals surface area contributed by atoms with Crippen molar-refractivity contribution >= 4 is 44.0 Å². The van der Waals surface area contributed by atoms with E-state index in [2.05, 4.69) is 43.9 Å². The van der Waals surface area contributed by atoms with Gasteiger partial charge in [0, 0.05) is 67.3 Å². The molecule has 192 valence electrons. The van der Waals surface area contributed by atoms with Crippen LogP contribution in [-0.4, -0.2) is 58.3 Å². The summed E-state index contributed by atoms with van der Waals surface area (Å²) < 4.78 is 25.9. The SMILES string of the molecule is Cn1cc2c(n1)CCN(c1cccc(-c3csc(NC(=O)CNC(=O)c4ccn(S(C)(=O)=O)c4)n3)c1)C2. The molecule has 0 aliphatic carbocycles. The molecular weight excluding hydrogens is 514 g/mol. The van der Waals surface area contributed by atoms with Gasteiger partial charge in [-0.3, -0.25) is 18.2 Å². The zero-order valence-corrected chi connectivity index (χ0v) is 21.8. The van der Waals surface area contributed by atoms with Gasteiger partial charge in [0.15, 0.2) is 5.13 Å². The molecule has 0 saturated heterocycles. The van der Waals surface area contributed by atoms with Crippen molar-refractivity contribution < 1.29 is 18.0 Å². The number of thiazole rings is 1. The molecule has 1 aromatic carbocycles. The van der Waals surface area contributed by atoms with Gasteiger partial charge in [0.2, 0.25) is 15.9 Å². The van der Waals surface area contributed by atoms with Gasteiger partial charge < -0.3 is 15.5 Å². The normalized spacial score (nSPS) is 13.3. The van der Waals surface area contributed by atoms with Crippen LogP contribution in [0.3, 0.4) is 0 Å². The van der Waals surface area contributed by atoms with Gasteiger partial charge in [-0.1, -0.05) is 12.1 Å². The van der Waals surface area contributed by atoms with Gasteiger partial charge >= 0.3 is 0 Å². The summed E-state index contributed by atoms with van der Waals surface area (Å²) in [6.07, 6.45) is 6.47. The fourth-order valence-electron chi connectivity index (χ4n) is 4.14. The zero-order chi connectivity index (χ0) is 26.2. The van der Waals surface area contributed by atoms with Gasteiger partial charge in [-0.15, -0.1) is 11.3 Å². The molecule has 13 heteroatoms. The average Bonchev–Trinajstić information content (AvgIpc) is 3.61. The van der Waals surface area contributed by atoms with Crippen LogP contribution in [0.5, 0.6) is 0 Å². The maximum Gasteiger partial charge on any atom is 0.253 e. The van der Waals surface area contributed by atoms with E-state index >= 15 is 0 Å². The summed E-state index contributed by atoms with van der Waals surface area (Å²) in [6, 6.07) is 9.51. The van der Waals surface area contributed by atoms with Crippen molar-refractivity contribution in [3.63, 3.8) is 0 Å². The van der Waals surface area contributed by atoms with E-state index in [1.54, 1.807) is 0 Å². The summed E-state index contributed by atoms with van der Waals surface area (Å²) >= 11 is 1.29. The molecule has 0 unspecified atom stereocenters. The van der Waals surface area contributed by atoms with Gasteiger partial charge in [-0.2, -0.15) is 5.10 Å². The molecule has 0 radical (unpaired) electrons. The van der Waals surface area contributed by atoms with Crippen LogP contribution in [0, 0.1) is 0 Å². The second kappa shape index (κ2) is 9.82. The number of amides is 2. The summed E-state index contributed by atoms with van der Waals surface area (Å²) in [6.45, 7) is 1.41. The number of hydrogen-bond donors (Lipinski definition) is 2. The van der Waals surface area contributed by atoms with Crippen molar-refractivity contribution in [3.05, 3.63) is 71.1 Å². The van der Waals surface area contributed by atoms with E-state index in [-0.39, 0.29) is 12.1 Å². The van der Waals surface area contributed by atoms with Crippen LogP contribution >= 0.6 is 11.3 Å². The topological polar surface area (TPSA) is 131 Å². The maximum atomic E-state index is 12.3. The van der Waals surface area contributed by atoms with Crippen molar-refractivity contribution in [2.45, 2.75) is 13.0 Å². The number of anilines is 2. The number of nitrogens with one attached hydrogen (secondary N) is 2. The molecule has 37 heavy (non-hydrogen) atoms. The Morgan fingerprint density at radius 2 is 2.03 bits per heavy atom. The first kappa shape index (κ1) is 24.7. The number of aromatic nitrogens is 4. The first-order valence-corrected chi connectivity index (χ1v) is 14.2. The number of hydrogen-bond acceptors (Lipinski definition) is 8. The molecule has 0 spiro atoms. The van der Waals surface area contributed by atoms with Crippen LogP contribution in [0.1, 0.15) is 21.6 Å². The van der Waals surface area contributed by atoms with Crippen LogP contribution in [0.25, 0.3) is 11.3 Å². The molecule has 2 N–H and O–H groups in total. The summed E-state index contributed by atoms with van der Waals surface area (Å²) in [5.74, 6) is -0.989. The predicted octanol–water partition coefficient (Wildman–Crippen LogP) is 2.08. The largest absolute Gasteiger partial charge is 0.367 e. The molecular formula is C24H25N7O4S2. The molecule has 4 aromatic rings. The Morgan fingerprint density at radius 3 is 2.81 bits per heavy atom. The molecule has 5 rings (SSSR count). The van der Waals surface area contributed by atoms with E-state index in [9.17, 15) is 18.0 Å². The molecule has 4 heterocycles. The minimum atomic E-state index is -3.48. The highest BCUT2D eigenvalue weighted by atomic mass is 32.2. The van der Waals surface area contributed by atoms with Crippen molar-refractivity contribution in [2.75, 3.05) is 29.6 Å². The number of nitrogens with zero attached hydrogens (tertiary/aromatic N) is 5. The maximum absolute atomic E-state index is 12.3. The monoisotopic (exact) mass is 539 g/mol. The van der Waals surface area contributed by atoms with Gasteiger partial charge in [-0.05, 0) is 18.2 Å². The van der Waals surface area contributed by atoms with Crippen molar-refractivity contribution in [2.24, 2.45) is 7.05 Å². The summed E-state index contributed by atoms with van der Waals surface area (Å²) in [5.41, 5.74) is 5.31. The number of fused-ring (bicyclic) bond motifs is 1. The van der Waals surface area contributed by atoms with Gasteiger partial charge in [0.05, 0.1) is 29.8 Å². The summed E-state index contributed by atoms with van der Waals surface area (Å²) in [4.78, 5) is 31.4. The van der Waals surface area contributed by atoms with Gasteiger partial charge in [-0.25, -0.2) is 13.4 Å². The number of rotatable bonds is 7. The zero-order valence-electron chi connectivity index (χ0n) is 20.2. The Labute approximate surface area is 217 Å². The second-order valence-corrected chi connectivity index (χ2v) is 11.5. The molecule has 1 aliphatic heterocycles. The molecule has 0 fully saturated rings. The lowest BCUT2D eigenvalue weighted by molar-refractivity contribution is -0.115. The predicted molar refractivity (Wildman–Crippen MR) is 141 cm³/mol. The number of carbonyl (C=O) groups is 2. The fraction of sp³-hybridized carbons (Fsp3) is 0.250. The Bertz CT molecular complexity index is 1590. The highest BCUT2D eigenvalue weighted by Gasteiger charge is 2.20. The smallest absolute Gasteiger partial charge is 0.253 e. The van der Waals surface area contributed by atoms with Crippen LogP contribution in [0.15, 0.2) is 54.3 Å². The third kappa shape index (κ3) is 5.57. The Balaban J connectivity index is 1.19. The molecule has 3 aromatic heterocycles.